The largest absolute Gasteiger partial charge is 0.203 e. The second-order valence-corrected chi connectivity index (χ2v) is 10.3. The van der Waals surface area contributed by atoms with Crippen LogP contribution in [0, 0.1) is 35.1 Å². The van der Waals surface area contributed by atoms with Gasteiger partial charge in [0.1, 0.15) is 0 Å². The molecule has 0 saturated carbocycles. The van der Waals surface area contributed by atoms with Crippen LogP contribution in [0.5, 0.6) is 0 Å². The molecule has 33 heavy (non-hydrogen) atoms. The maximum Gasteiger partial charge on any atom is 0.167 e. The Kier molecular flexibility index (Phi) is 6.83. The lowest BCUT2D eigenvalue weighted by Gasteiger charge is -2.20. The first kappa shape index (κ1) is 23.8. The third kappa shape index (κ3) is 4.67. The van der Waals surface area contributed by atoms with Gasteiger partial charge >= 0.3 is 0 Å². The van der Waals surface area contributed by atoms with E-state index in [1.54, 1.807) is 12.1 Å². The number of hydrogen-bond donors (Lipinski definition) is 0. The molecular weight excluding hydrogens is 424 g/mol. The van der Waals surface area contributed by atoms with Crippen molar-refractivity contribution in [3.05, 3.63) is 75.9 Å². The van der Waals surface area contributed by atoms with E-state index in [9.17, 15) is 4.39 Å². The molecule has 0 nitrogen and oxygen atoms in total. The Balaban J connectivity index is 1.64. The summed E-state index contributed by atoms with van der Waals surface area (Å²) < 4.78 is 60.3. The fourth-order valence-electron chi connectivity index (χ4n) is 5.00. The topological polar surface area (TPSA) is 0 Å². The fourth-order valence-corrected chi connectivity index (χ4v) is 5.00. The lowest BCUT2D eigenvalue weighted by Crippen LogP contribution is -2.05. The molecule has 0 saturated heterocycles. The minimum Gasteiger partial charge on any atom is -0.203 e. The predicted molar refractivity (Wildman–Crippen MR) is 127 cm³/mol. The van der Waals surface area contributed by atoms with E-state index in [1.807, 2.05) is 6.08 Å². The number of aryl methyl sites for hydroxylation is 1. The van der Waals surface area contributed by atoms with Gasteiger partial charge in [0.15, 0.2) is 23.3 Å². The average molecular weight is 457 g/mol. The Labute approximate surface area is 194 Å². The summed E-state index contributed by atoms with van der Waals surface area (Å²) in [6.45, 7) is 10.5. The molecule has 0 heterocycles. The van der Waals surface area contributed by atoms with Crippen molar-refractivity contribution in [2.24, 2.45) is 11.8 Å². The van der Waals surface area contributed by atoms with Crippen LogP contribution in [0.4, 0.5) is 17.6 Å². The average Bonchev–Trinajstić information content (AvgIpc) is 3.15. The highest BCUT2D eigenvalue weighted by Gasteiger charge is 2.32. The van der Waals surface area contributed by atoms with Gasteiger partial charge in [-0.2, -0.15) is 0 Å². The molecule has 4 rings (SSSR count). The molecule has 1 atom stereocenters. The smallest absolute Gasteiger partial charge is 0.167 e. The van der Waals surface area contributed by atoms with Crippen LogP contribution in [-0.4, -0.2) is 0 Å². The molecule has 0 aromatic heterocycles. The number of fused-ring (bicyclic) bond motifs is 3. The van der Waals surface area contributed by atoms with Crippen molar-refractivity contribution in [2.45, 2.75) is 72.1 Å². The number of hydrogen-bond acceptors (Lipinski definition) is 0. The molecule has 1 unspecified atom stereocenters. The molecule has 2 aromatic rings. The molecular formula is C29H32F4. The SMILES string of the molecule is C=C(CCc1cc2c(c(F)c1F)-c1c(cc(C3=CCC(C)CC3)c(F)c1F)C2)CCC(C)C. The Bertz CT molecular complexity index is 1120. The van der Waals surface area contributed by atoms with Crippen molar-refractivity contribution in [1.29, 1.82) is 0 Å². The lowest BCUT2D eigenvalue weighted by molar-refractivity contribution is 0.493. The van der Waals surface area contributed by atoms with E-state index in [-0.39, 0.29) is 28.7 Å². The molecule has 0 spiro atoms. The minimum atomic E-state index is -1.08. The molecule has 4 heteroatoms. The van der Waals surface area contributed by atoms with Gasteiger partial charge in [-0.25, -0.2) is 17.6 Å². The molecule has 2 aromatic carbocycles. The van der Waals surface area contributed by atoms with Gasteiger partial charge in [0.05, 0.1) is 0 Å². The van der Waals surface area contributed by atoms with E-state index in [0.29, 0.717) is 42.2 Å². The van der Waals surface area contributed by atoms with Crippen LogP contribution >= 0.6 is 0 Å². The maximum absolute atomic E-state index is 15.2. The van der Waals surface area contributed by atoms with E-state index in [1.165, 1.54) is 0 Å². The highest BCUT2D eigenvalue weighted by atomic mass is 19.2. The van der Waals surface area contributed by atoms with Gasteiger partial charge in [-0.05, 0) is 91.5 Å². The molecule has 2 aliphatic carbocycles. The van der Waals surface area contributed by atoms with Gasteiger partial charge in [0.25, 0.3) is 0 Å². The molecule has 0 radical (unpaired) electrons. The number of benzene rings is 2. The minimum absolute atomic E-state index is 0.125. The fraction of sp³-hybridized carbons (Fsp3) is 0.448. The summed E-state index contributed by atoms with van der Waals surface area (Å²) in [5, 5.41) is 0. The van der Waals surface area contributed by atoms with Crippen LogP contribution in [0.3, 0.4) is 0 Å². The monoisotopic (exact) mass is 456 g/mol. The van der Waals surface area contributed by atoms with E-state index in [0.717, 1.165) is 36.8 Å². The van der Waals surface area contributed by atoms with Crippen LogP contribution in [0.1, 0.15) is 81.5 Å². The summed E-state index contributed by atoms with van der Waals surface area (Å²) in [4.78, 5) is 0. The van der Waals surface area contributed by atoms with Gasteiger partial charge in [-0.15, -0.1) is 0 Å². The molecule has 0 amide bonds. The van der Waals surface area contributed by atoms with Crippen LogP contribution < -0.4 is 0 Å². The Morgan fingerprint density at radius 2 is 1.64 bits per heavy atom. The summed E-state index contributed by atoms with van der Waals surface area (Å²) in [7, 11) is 0. The second-order valence-electron chi connectivity index (χ2n) is 10.3. The van der Waals surface area contributed by atoms with E-state index < -0.39 is 23.3 Å². The molecule has 176 valence electrons. The highest BCUT2D eigenvalue weighted by molar-refractivity contribution is 5.81. The van der Waals surface area contributed by atoms with Crippen LogP contribution in [0.25, 0.3) is 16.7 Å². The lowest BCUT2D eigenvalue weighted by atomic mass is 9.86. The second kappa shape index (κ2) is 9.48. The van der Waals surface area contributed by atoms with E-state index in [2.05, 4.69) is 27.4 Å². The van der Waals surface area contributed by atoms with Crippen LogP contribution in [-0.2, 0) is 12.8 Å². The summed E-state index contributed by atoms with van der Waals surface area (Å²) in [5.74, 6) is -3.00. The van der Waals surface area contributed by atoms with Gasteiger partial charge in [0, 0.05) is 16.7 Å². The standard InChI is InChI=1S/C29H32F4/c1-16(2)5-6-17(3)9-12-20-13-21-14-22-15-23(19-10-7-18(4)8-11-19)27(31)29(33)25(22)24(21)28(32)26(20)30/h10,13,15-16,18H,3,5-9,11-12,14H2,1-2,4H3. The normalized spacial score (nSPS) is 17.2. The van der Waals surface area contributed by atoms with Crippen molar-refractivity contribution in [3.8, 4) is 11.1 Å². The van der Waals surface area contributed by atoms with Crippen molar-refractivity contribution < 1.29 is 17.6 Å². The molecule has 0 fully saturated rings. The van der Waals surface area contributed by atoms with Crippen molar-refractivity contribution in [3.63, 3.8) is 0 Å². The zero-order chi connectivity index (χ0) is 23.9. The first-order chi connectivity index (χ1) is 15.7. The van der Waals surface area contributed by atoms with E-state index in [4.69, 9.17) is 0 Å². The third-order valence-corrected chi connectivity index (χ3v) is 7.13. The summed E-state index contributed by atoms with van der Waals surface area (Å²) in [5.41, 5.74) is 3.14. The molecule has 0 aliphatic heterocycles. The zero-order valence-corrected chi connectivity index (χ0v) is 19.8. The molecule has 0 N–H and O–H groups in total. The Morgan fingerprint density at radius 3 is 2.27 bits per heavy atom. The zero-order valence-electron chi connectivity index (χ0n) is 19.8. The summed E-state index contributed by atoms with van der Waals surface area (Å²) >= 11 is 0. The number of rotatable bonds is 7. The van der Waals surface area contributed by atoms with E-state index >= 15 is 13.2 Å². The summed E-state index contributed by atoms with van der Waals surface area (Å²) in [6.07, 6.45) is 7.50. The van der Waals surface area contributed by atoms with Crippen molar-refractivity contribution in [1.82, 2.24) is 0 Å². The Morgan fingerprint density at radius 1 is 0.970 bits per heavy atom. The number of allylic oxidation sites excluding steroid dienone is 3. The maximum atomic E-state index is 15.2. The van der Waals surface area contributed by atoms with Crippen molar-refractivity contribution in [2.75, 3.05) is 0 Å². The van der Waals surface area contributed by atoms with Crippen molar-refractivity contribution >= 4 is 5.57 Å². The van der Waals surface area contributed by atoms with Gasteiger partial charge < -0.3 is 0 Å². The quantitative estimate of drug-likeness (QED) is 0.246. The highest BCUT2D eigenvalue weighted by Crippen LogP contribution is 2.45. The van der Waals surface area contributed by atoms with Gasteiger partial charge in [-0.3, -0.25) is 0 Å². The third-order valence-electron chi connectivity index (χ3n) is 7.13. The van der Waals surface area contributed by atoms with Crippen LogP contribution in [0.2, 0.25) is 0 Å². The first-order valence-electron chi connectivity index (χ1n) is 12.0. The number of halogens is 4. The predicted octanol–water partition coefficient (Wildman–Crippen LogP) is 8.94. The van der Waals surface area contributed by atoms with Gasteiger partial charge in [0.2, 0.25) is 0 Å². The molecule has 2 aliphatic rings. The van der Waals surface area contributed by atoms with Gasteiger partial charge in [-0.1, -0.05) is 45.1 Å². The Hall–Kier alpha value is -2.36. The first-order valence-corrected chi connectivity index (χ1v) is 12.0. The molecule has 0 bridgehead atoms. The summed E-state index contributed by atoms with van der Waals surface area (Å²) in [6, 6.07) is 3.27. The van der Waals surface area contributed by atoms with Crippen LogP contribution in [0.15, 0.2) is 30.4 Å².